The van der Waals surface area contributed by atoms with E-state index in [9.17, 15) is 18.0 Å². The zero-order valence-electron chi connectivity index (χ0n) is 23.9. The summed E-state index contributed by atoms with van der Waals surface area (Å²) in [6.07, 6.45) is 0.314. The van der Waals surface area contributed by atoms with Crippen molar-refractivity contribution in [2.24, 2.45) is 0 Å². The Morgan fingerprint density at radius 2 is 1.84 bits per heavy atom. The van der Waals surface area contributed by atoms with Crippen molar-refractivity contribution in [2.75, 3.05) is 36.9 Å². The third kappa shape index (κ3) is 7.46. The molecule has 0 radical (unpaired) electrons. The second kappa shape index (κ2) is 13.9. The van der Waals surface area contributed by atoms with Gasteiger partial charge in [0.25, 0.3) is 0 Å². The number of urea groups is 1. The van der Waals surface area contributed by atoms with Crippen LogP contribution in [0.5, 0.6) is 5.75 Å². The minimum Gasteiger partial charge on any atom is -0.493 e. The van der Waals surface area contributed by atoms with E-state index in [4.69, 9.17) is 4.74 Å². The van der Waals surface area contributed by atoms with Gasteiger partial charge in [-0.05, 0) is 56.2 Å². The van der Waals surface area contributed by atoms with E-state index in [2.05, 4.69) is 25.5 Å². The summed E-state index contributed by atoms with van der Waals surface area (Å²) >= 11 is 0. The predicted molar refractivity (Wildman–Crippen MR) is 170 cm³/mol. The van der Waals surface area contributed by atoms with Gasteiger partial charge >= 0.3 is 12.2 Å². The van der Waals surface area contributed by atoms with Gasteiger partial charge in [-0.2, -0.15) is 13.2 Å². The van der Waals surface area contributed by atoms with Crippen molar-refractivity contribution in [2.45, 2.75) is 38.0 Å². The number of aromatic nitrogens is 2. The molecule has 2 bridgehead atoms. The second-order valence-corrected chi connectivity index (χ2v) is 10.8. The Bertz CT molecular complexity index is 1590. The van der Waals surface area contributed by atoms with Crippen LogP contribution >= 0.6 is 24.8 Å². The predicted octanol–water partition coefficient (Wildman–Crippen LogP) is 7.30. The first-order valence-electron chi connectivity index (χ1n) is 13.9. The number of hydrogen-bond acceptors (Lipinski definition) is 6. The monoisotopic (exact) mass is 648 g/mol. The first-order valence-corrected chi connectivity index (χ1v) is 13.9. The van der Waals surface area contributed by atoms with Gasteiger partial charge in [0, 0.05) is 66.4 Å². The third-order valence-corrected chi connectivity index (χ3v) is 7.74. The van der Waals surface area contributed by atoms with Gasteiger partial charge < -0.3 is 20.3 Å². The van der Waals surface area contributed by atoms with Gasteiger partial charge in [-0.15, -0.1) is 24.8 Å². The molecule has 2 N–H and O–H groups in total. The molecule has 0 spiro atoms. The summed E-state index contributed by atoms with van der Waals surface area (Å²) < 4.78 is 47.1. The van der Waals surface area contributed by atoms with Crippen molar-refractivity contribution in [1.29, 1.82) is 0 Å². The highest BCUT2D eigenvalue weighted by molar-refractivity contribution is 5.93. The standard InChI is InChI=1S/C31H31F3N6O2.2ClH/c1-20-12-29(27-7-2-3-8-28(27)36-20)37-23-13-21(31(32,33)34)14-26(15-23)42-11-5-10-39-18-25-16-24(39)19-40(25)30(41)38-22-6-4-9-35-17-22;;/h2-4,6-9,12-15,17,24-25H,5,10-11,16,18-19H2,1H3,(H,36,37)(H,38,41);2*1H. The molecule has 2 aliphatic rings. The molecule has 0 aliphatic carbocycles. The normalized spacial score (nSPS) is 17.6. The lowest BCUT2D eigenvalue weighted by molar-refractivity contribution is -0.137. The van der Waals surface area contributed by atoms with Gasteiger partial charge in [0.2, 0.25) is 0 Å². The van der Waals surface area contributed by atoms with Crippen LogP contribution in [0.2, 0.25) is 0 Å². The van der Waals surface area contributed by atoms with Crippen molar-refractivity contribution in [3.63, 3.8) is 0 Å². The fourth-order valence-corrected chi connectivity index (χ4v) is 5.85. The number of pyridine rings is 2. The molecule has 234 valence electrons. The van der Waals surface area contributed by atoms with E-state index < -0.39 is 11.7 Å². The number of rotatable bonds is 8. The summed E-state index contributed by atoms with van der Waals surface area (Å²) in [6.45, 7) is 4.27. The Hall–Kier alpha value is -3.80. The number of para-hydroxylation sites is 1. The molecule has 6 rings (SSSR count). The van der Waals surface area contributed by atoms with Gasteiger partial charge in [-0.1, -0.05) is 18.2 Å². The van der Waals surface area contributed by atoms with Gasteiger partial charge in [0.1, 0.15) is 5.75 Å². The summed E-state index contributed by atoms with van der Waals surface area (Å²) in [5, 5.41) is 6.87. The number of amides is 2. The molecular formula is C31H33Cl2F3N6O2. The van der Waals surface area contributed by atoms with Crippen LogP contribution in [0.15, 0.2) is 73.1 Å². The molecule has 44 heavy (non-hydrogen) atoms. The summed E-state index contributed by atoms with van der Waals surface area (Å²) in [6, 6.07) is 16.9. The first kappa shape index (κ1) is 33.1. The number of benzene rings is 2. The maximum atomic E-state index is 13.8. The molecule has 4 heterocycles. The van der Waals surface area contributed by atoms with Crippen molar-refractivity contribution < 1.29 is 22.7 Å². The summed E-state index contributed by atoms with van der Waals surface area (Å²) in [5.74, 6) is 0.156. The van der Waals surface area contributed by atoms with E-state index >= 15 is 0 Å². The first-order chi connectivity index (χ1) is 20.2. The molecule has 0 saturated carbocycles. The van der Waals surface area contributed by atoms with Crippen LogP contribution in [0.3, 0.4) is 0 Å². The maximum Gasteiger partial charge on any atom is 0.416 e. The maximum absolute atomic E-state index is 13.8. The van der Waals surface area contributed by atoms with Crippen LogP contribution in [0.4, 0.5) is 35.0 Å². The van der Waals surface area contributed by atoms with E-state index in [0.29, 0.717) is 24.3 Å². The third-order valence-electron chi connectivity index (χ3n) is 7.74. The zero-order valence-corrected chi connectivity index (χ0v) is 25.5. The number of anilines is 3. The Morgan fingerprint density at radius 1 is 1.02 bits per heavy atom. The lowest BCUT2D eigenvalue weighted by atomic mass is 10.1. The van der Waals surface area contributed by atoms with Crippen LogP contribution in [0.25, 0.3) is 10.9 Å². The van der Waals surface area contributed by atoms with Gasteiger partial charge in [0.05, 0.1) is 29.6 Å². The fraction of sp³-hybridized carbons (Fsp3) is 0.323. The fourth-order valence-electron chi connectivity index (χ4n) is 5.85. The number of piperazine rings is 1. The largest absolute Gasteiger partial charge is 0.493 e. The van der Waals surface area contributed by atoms with Crippen molar-refractivity contribution >= 4 is 58.8 Å². The molecule has 2 fully saturated rings. The highest BCUT2D eigenvalue weighted by atomic mass is 35.5. The molecule has 13 heteroatoms. The zero-order chi connectivity index (χ0) is 29.3. The number of fused-ring (bicyclic) bond motifs is 3. The number of ether oxygens (including phenoxy) is 1. The van der Waals surface area contributed by atoms with E-state index in [-0.39, 0.29) is 61.0 Å². The molecule has 2 amide bonds. The molecule has 2 unspecified atom stereocenters. The Morgan fingerprint density at radius 3 is 2.57 bits per heavy atom. The molecule has 2 aromatic carbocycles. The van der Waals surface area contributed by atoms with E-state index in [1.807, 2.05) is 42.2 Å². The van der Waals surface area contributed by atoms with E-state index in [1.165, 1.54) is 0 Å². The lowest BCUT2D eigenvalue weighted by Crippen LogP contribution is -2.50. The van der Waals surface area contributed by atoms with E-state index in [0.717, 1.165) is 48.2 Å². The van der Waals surface area contributed by atoms with Crippen LogP contribution in [0.1, 0.15) is 24.1 Å². The number of alkyl halides is 3. The van der Waals surface area contributed by atoms with Crippen LogP contribution in [-0.2, 0) is 6.18 Å². The summed E-state index contributed by atoms with van der Waals surface area (Å²) in [7, 11) is 0. The average molecular weight is 650 g/mol. The number of hydrogen-bond donors (Lipinski definition) is 2. The Labute approximate surface area is 265 Å². The minimum atomic E-state index is -4.52. The number of nitrogens with one attached hydrogen (secondary N) is 2. The quantitative estimate of drug-likeness (QED) is 0.195. The molecular weight excluding hydrogens is 616 g/mol. The van der Waals surface area contributed by atoms with Crippen LogP contribution < -0.4 is 15.4 Å². The van der Waals surface area contributed by atoms with Gasteiger partial charge in [-0.25, -0.2) is 4.79 Å². The number of carbonyl (C=O) groups is 1. The molecule has 2 saturated heterocycles. The second-order valence-electron chi connectivity index (χ2n) is 10.8. The van der Waals surface area contributed by atoms with Crippen LogP contribution in [0, 0.1) is 6.92 Å². The minimum absolute atomic E-state index is 0. The number of aryl methyl sites for hydroxylation is 1. The highest BCUT2D eigenvalue weighted by Crippen LogP contribution is 2.36. The van der Waals surface area contributed by atoms with Crippen molar-refractivity contribution in [3.8, 4) is 5.75 Å². The Balaban J connectivity index is 0.00000221. The molecule has 4 aromatic rings. The SMILES string of the molecule is Cc1cc(Nc2cc(OCCCN3CC4CC3CN4C(=O)Nc3cccnc3)cc(C(F)(F)F)c2)c2ccccc2n1.Cl.Cl. The smallest absolute Gasteiger partial charge is 0.416 e. The number of nitrogens with zero attached hydrogens (tertiary/aromatic N) is 4. The molecule has 8 nitrogen and oxygen atoms in total. The molecule has 2 aliphatic heterocycles. The average Bonchev–Trinajstić information content (AvgIpc) is 3.56. The Kier molecular flexibility index (Phi) is 10.4. The van der Waals surface area contributed by atoms with Gasteiger partial charge in [0.15, 0.2) is 0 Å². The summed E-state index contributed by atoms with van der Waals surface area (Å²) in [5.41, 5.74) is 2.37. The number of carbonyl (C=O) groups excluding carboxylic acids is 1. The number of likely N-dealkylation sites (tertiary alicyclic amines) is 2. The lowest BCUT2D eigenvalue weighted by Gasteiger charge is -2.34. The molecule has 2 aromatic heterocycles. The van der Waals surface area contributed by atoms with Gasteiger partial charge in [-0.3, -0.25) is 14.9 Å². The number of halogens is 5. The molecule has 2 atom stereocenters. The summed E-state index contributed by atoms with van der Waals surface area (Å²) in [4.78, 5) is 25.4. The topological polar surface area (TPSA) is 82.6 Å². The van der Waals surface area contributed by atoms with Crippen molar-refractivity contribution in [1.82, 2.24) is 19.8 Å². The van der Waals surface area contributed by atoms with E-state index in [1.54, 1.807) is 30.6 Å². The van der Waals surface area contributed by atoms with Crippen molar-refractivity contribution in [3.05, 3.63) is 84.3 Å². The highest BCUT2D eigenvalue weighted by Gasteiger charge is 2.44. The van der Waals surface area contributed by atoms with Crippen LogP contribution in [-0.4, -0.2) is 64.1 Å².